The zero-order chi connectivity index (χ0) is 18.8. The van der Waals surface area contributed by atoms with Gasteiger partial charge in [0.1, 0.15) is 12.1 Å². The fourth-order valence-electron chi connectivity index (χ4n) is 2.89. The lowest BCUT2D eigenvalue weighted by molar-refractivity contribution is 0.0782. The van der Waals surface area contributed by atoms with E-state index in [0.717, 1.165) is 16.5 Å². The number of amides is 1. The quantitative estimate of drug-likeness (QED) is 0.599. The van der Waals surface area contributed by atoms with Gasteiger partial charge in [-0.25, -0.2) is 4.68 Å². The highest BCUT2D eigenvalue weighted by atomic mass is 16.3. The zero-order valence-electron chi connectivity index (χ0n) is 14.5. The SMILES string of the molecule is CN(Cc1ccc2ncccc2c1)C(=O)c1cc(-n2cnnn2)ccc1O. The van der Waals surface area contributed by atoms with E-state index in [1.807, 2.05) is 30.3 Å². The molecular formula is C19H16N6O2. The van der Waals surface area contributed by atoms with Crippen molar-refractivity contribution < 1.29 is 9.90 Å². The molecule has 0 fully saturated rings. The van der Waals surface area contributed by atoms with Crippen LogP contribution in [-0.4, -0.2) is 48.2 Å². The van der Waals surface area contributed by atoms with Gasteiger partial charge < -0.3 is 10.0 Å². The second kappa shape index (κ2) is 6.83. The second-order valence-corrected chi connectivity index (χ2v) is 6.15. The summed E-state index contributed by atoms with van der Waals surface area (Å²) in [4.78, 5) is 18.7. The Balaban J connectivity index is 1.59. The van der Waals surface area contributed by atoms with Crippen molar-refractivity contribution in [3.63, 3.8) is 0 Å². The van der Waals surface area contributed by atoms with Crippen LogP contribution in [-0.2, 0) is 6.54 Å². The Labute approximate surface area is 154 Å². The largest absolute Gasteiger partial charge is 0.507 e. The lowest BCUT2D eigenvalue weighted by Crippen LogP contribution is -2.26. The fourth-order valence-corrected chi connectivity index (χ4v) is 2.89. The van der Waals surface area contributed by atoms with Crippen LogP contribution in [0, 0.1) is 0 Å². The maximum Gasteiger partial charge on any atom is 0.257 e. The first-order valence-electron chi connectivity index (χ1n) is 8.27. The number of phenols is 1. The maximum atomic E-state index is 12.8. The monoisotopic (exact) mass is 360 g/mol. The van der Waals surface area contributed by atoms with Crippen LogP contribution in [0.1, 0.15) is 15.9 Å². The molecule has 0 saturated carbocycles. The summed E-state index contributed by atoms with van der Waals surface area (Å²) in [6.45, 7) is 0.401. The van der Waals surface area contributed by atoms with E-state index in [9.17, 15) is 9.90 Å². The number of hydrogen-bond donors (Lipinski definition) is 1. The molecule has 4 rings (SSSR count). The maximum absolute atomic E-state index is 12.8. The zero-order valence-corrected chi connectivity index (χ0v) is 14.5. The number of tetrazole rings is 1. The van der Waals surface area contributed by atoms with Crippen molar-refractivity contribution in [2.75, 3.05) is 7.05 Å². The molecule has 0 aliphatic rings. The van der Waals surface area contributed by atoms with Crippen LogP contribution >= 0.6 is 0 Å². The highest BCUT2D eigenvalue weighted by Gasteiger charge is 2.17. The summed E-state index contributed by atoms with van der Waals surface area (Å²) < 4.78 is 1.42. The highest BCUT2D eigenvalue weighted by molar-refractivity contribution is 5.97. The predicted octanol–water partition coefficient (Wildman–Crippen LogP) is 2.19. The molecule has 4 aromatic rings. The number of fused-ring (bicyclic) bond motifs is 1. The first-order chi connectivity index (χ1) is 13.1. The van der Waals surface area contributed by atoms with Gasteiger partial charge in [-0.1, -0.05) is 12.1 Å². The van der Waals surface area contributed by atoms with Gasteiger partial charge in [0, 0.05) is 25.2 Å². The molecule has 0 radical (unpaired) electrons. The average molecular weight is 360 g/mol. The average Bonchev–Trinajstić information content (AvgIpc) is 3.22. The van der Waals surface area contributed by atoms with Crippen LogP contribution in [0.5, 0.6) is 5.75 Å². The van der Waals surface area contributed by atoms with Crippen molar-refractivity contribution in [3.8, 4) is 11.4 Å². The summed E-state index contributed by atoms with van der Waals surface area (Å²) in [6, 6.07) is 14.4. The summed E-state index contributed by atoms with van der Waals surface area (Å²) in [5.41, 5.74) is 2.66. The molecule has 0 aliphatic carbocycles. The number of phenolic OH excluding ortho intramolecular Hbond substituents is 1. The van der Waals surface area contributed by atoms with Crippen LogP contribution < -0.4 is 0 Å². The minimum atomic E-state index is -0.297. The molecule has 0 spiro atoms. The molecule has 0 saturated heterocycles. The fraction of sp³-hybridized carbons (Fsp3) is 0.105. The third-order valence-corrected chi connectivity index (χ3v) is 4.26. The molecule has 2 heterocycles. The van der Waals surface area contributed by atoms with Gasteiger partial charge in [-0.15, -0.1) is 5.10 Å². The minimum absolute atomic E-state index is 0.0913. The molecule has 1 amide bonds. The van der Waals surface area contributed by atoms with E-state index in [4.69, 9.17) is 0 Å². The normalized spacial score (nSPS) is 10.9. The van der Waals surface area contributed by atoms with Crippen molar-refractivity contribution in [1.29, 1.82) is 0 Å². The van der Waals surface area contributed by atoms with Crippen molar-refractivity contribution in [1.82, 2.24) is 30.1 Å². The standard InChI is InChI=1S/C19H16N6O2/c1-24(11-13-4-6-17-14(9-13)3-2-8-20-17)19(27)16-10-15(5-7-18(16)26)25-12-21-22-23-25/h2-10,12,26H,11H2,1H3. The number of nitrogens with zero attached hydrogens (tertiary/aromatic N) is 6. The molecule has 8 heteroatoms. The lowest BCUT2D eigenvalue weighted by Gasteiger charge is -2.18. The smallest absolute Gasteiger partial charge is 0.257 e. The van der Waals surface area contributed by atoms with Crippen LogP contribution in [0.2, 0.25) is 0 Å². The van der Waals surface area contributed by atoms with Gasteiger partial charge in [0.05, 0.1) is 16.8 Å². The van der Waals surface area contributed by atoms with Crippen molar-refractivity contribution in [2.24, 2.45) is 0 Å². The van der Waals surface area contributed by atoms with Crippen molar-refractivity contribution >= 4 is 16.8 Å². The topological polar surface area (TPSA) is 97.0 Å². The molecule has 0 atom stereocenters. The minimum Gasteiger partial charge on any atom is -0.507 e. The number of carbonyl (C=O) groups is 1. The molecule has 0 unspecified atom stereocenters. The number of benzene rings is 2. The Bertz CT molecular complexity index is 1110. The molecule has 0 aliphatic heterocycles. The number of carbonyl (C=O) groups excluding carboxylic acids is 1. The molecule has 0 bridgehead atoms. The Kier molecular flexibility index (Phi) is 4.21. The van der Waals surface area contributed by atoms with E-state index in [1.54, 1.807) is 30.3 Å². The van der Waals surface area contributed by atoms with Crippen LogP contribution in [0.15, 0.2) is 61.1 Å². The first-order valence-corrected chi connectivity index (χ1v) is 8.27. The predicted molar refractivity (Wildman–Crippen MR) is 98.4 cm³/mol. The molecule has 2 aromatic carbocycles. The van der Waals surface area contributed by atoms with E-state index >= 15 is 0 Å². The number of rotatable bonds is 4. The summed E-state index contributed by atoms with van der Waals surface area (Å²) >= 11 is 0. The Morgan fingerprint density at radius 2 is 2.07 bits per heavy atom. The van der Waals surface area contributed by atoms with E-state index in [-0.39, 0.29) is 17.2 Å². The van der Waals surface area contributed by atoms with Gasteiger partial charge in [-0.3, -0.25) is 9.78 Å². The van der Waals surface area contributed by atoms with E-state index < -0.39 is 0 Å². The van der Waals surface area contributed by atoms with Gasteiger partial charge >= 0.3 is 0 Å². The third kappa shape index (κ3) is 3.32. The van der Waals surface area contributed by atoms with Crippen molar-refractivity contribution in [2.45, 2.75) is 6.54 Å². The molecule has 134 valence electrons. The van der Waals surface area contributed by atoms with Crippen LogP contribution in [0.25, 0.3) is 16.6 Å². The molecule has 1 N–H and O–H groups in total. The molecule has 8 nitrogen and oxygen atoms in total. The lowest BCUT2D eigenvalue weighted by atomic mass is 10.1. The van der Waals surface area contributed by atoms with Crippen molar-refractivity contribution in [3.05, 3.63) is 72.2 Å². The molecule has 27 heavy (non-hydrogen) atoms. The summed E-state index contributed by atoms with van der Waals surface area (Å²) in [5, 5.41) is 22.1. The Hall–Kier alpha value is -3.81. The van der Waals surface area contributed by atoms with Crippen LogP contribution in [0.4, 0.5) is 0 Å². The second-order valence-electron chi connectivity index (χ2n) is 6.15. The van der Waals surface area contributed by atoms with Gasteiger partial charge in [0.15, 0.2) is 0 Å². The van der Waals surface area contributed by atoms with E-state index in [1.165, 1.54) is 17.1 Å². The summed E-state index contributed by atoms with van der Waals surface area (Å²) in [7, 11) is 1.69. The Morgan fingerprint density at radius 3 is 2.89 bits per heavy atom. The summed E-state index contributed by atoms with van der Waals surface area (Å²) in [6.07, 6.45) is 3.17. The van der Waals surface area contributed by atoms with Crippen LogP contribution in [0.3, 0.4) is 0 Å². The molecule has 2 aromatic heterocycles. The van der Waals surface area contributed by atoms with Gasteiger partial charge in [0.25, 0.3) is 5.91 Å². The number of aromatic nitrogens is 5. The van der Waals surface area contributed by atoms with E-state index in [0.29, 0.717) is 12.2 Å². The van der Waals surface area contributed by atoms with Gasteiger partial charge in [0.2, 0.25) is 0 Å². The summed E-state index contributed by atoms with van der Waals surface area (Å²) in [5.74, 6) is -0.389. The first kappa shape index (κ1) is 16.6. The number of pyridine rings is 1. The van der Waals surface area contributed by atoms with Gasteiger partial charge in [-0.05, 0) is 52.4 Å². The number of hydrogen-bond acceptors (Lipinski definition) is 6. The third-order valence-electron chi connectivity index (χ3n) is 4.26. The van der Waals surface area contributed by atoms with Gasteiger partial charge in [-0.2, -0.15) is 0 Å². The molecular weight excluding hydrogens is 344 g/mol. The Morgan fingerprint density at radius 1 is 1.19 bits per heavy atom. The highest BCUT2D eigenvalue weighted by Crippen LogP contribution is 2.23. The number of aromatic hydroxyl groups is 1. The van der Waals surface area contributed by atoms with E-state index in [2.05, 4.69) is 20.5 Å².